The zero-order chi connectivity index (χ0) is 10.9. The summed E-state index contributed by atoms with van der Waals surface area (Å²) in [5, 5.41) is 0. The molecule has 0 aliphatic heterocycles. The average Bonchev–Trinajstić information content (AvgIpc) is 2.40. The third-order valence-corrected chi connectivity index (χ3v) is 2.42. The lowest BCUT2D eigenvalue weighted by atomic mass is 10.2. The number of nitrogens with zero attached hydrogens (tertiary/aromatic N) is 1. The molecule has 0 radical (unpaired) electrons. The number of hydrogen-bond donors (Lipinski definition) is 0. The maximum absolute atomic E-state index is 12.6. The van der Waals surface area contributed by atoms with Crippen molar-refractivity contribution in [2.45, 2.75) is 32.9 Å². The fourth-order valence-electron chi connectivity index (χ4n) is 1.71. The van der Waals surface area contributed by atoms with Crippen LogP contribution < -0.4 is 0 Å². The SMILES string of the molecule is CCc1cc(CC)n(C)c1C(F)(F)F. The molecule has 0 aliphatic rings. The standard InChI is InChI=1S/C10H14F3N/c1-4-7-6-8(5-2)14(3)9(7)10(11,12)13/h6H,4-5H2,1-3H3. The van der Waals surface area contributed by atoms with Crippen molar-refractivity contribution in [3.05, 3.63) is 23.0 Å². The van der Waals surface area contributed by atoms with E-state index < -0.39 is 11.9 Å². The molecule has 4 heteroatoms. The highest BCUT2D eigenvalue weighted by Crippen LogP contribution is 2.33. The Morgan fingerprint density at radius 3 is 2.07 bits per heavy atom. The molecular formula is C10H14F3N. The van der Waals surface area contributed by atoms with Crippen molar-refractivity contribution in [1.82, 2.24) is 4.57 Å². The van der Waals surface area contributed by atoms with Crippen LogP contribution in [0, 0.1) is 0 Å². The van der Waals surface area contributed by atoms with E-state index in [1.54, 1.807) is 13.0 Å². The van der Waals surface area contributed by atoms with E-state index in [4.69, 9.17) is 0 Å². The Morgan fingerprint density at radius 1 is 1.21 bits per heavy atom. The first-order valence-electron chi connectivity index (χ1n) is 4.66. The van der Waals surface area contributed by atoms with Gasteiger partial charge in [0.05, 0.1) is 0 Å². The van der Waals surface area contributed by atoms with Crippen LogP contribution in [0.25, 0.3) is 0 Å². The Balaban J connectivity index is 3.32. The number of halogens is 3. The van der Waals surface area contributed by atoms with E-state index in [-0.39, 0.29) is 0 Å². The van der Waals surface area contributed by atoms with Gasteiger partial charge in [-0.2, -0.15) is 13.2 Å². The van der Waals surface area contributed by atoms with Gasteiger partial charge in [-0.25, -0.2) is 0 Å². The van der Waals surface area contributed by atoms with Crippen molar-refractivity contribution in [3.8, 4) is 0 Å². The van der Waals surface area contributed by atoms with Crippen molar-refractivity contribution in [1.29, 1.82) is 0 Å². The Kier molecular flexibility index (Phi) is 2.92. The van der Waals surface area contributed by atoms with Crippen LogP contribution in [-0.4, -0.2) is 4.57 Å². The van der Waals surface area contributed by atoms with Gasteiger partial charge < -0.3 is 4.57 Å². The molecule has 0 spiro atoms. The molecule has 1 heterocycles. The summed E-state index contributed by atoms with van der Waals surface area (Å²) in [5.74, 6) is 0. The molecule has 0 saturated heterocycles. The summed E-state index contributed by atoms with van der Waals surface area (Å²) in [6.45, 7) is 3.60. The van der Waals surface area contributed by atoms with Crippen molar-refractivity contribution in [3.63, 3.8) is 0 Å². The van der Waals surface area contributed by atoms with Crippen LogP contribution in [0.1, 0.15) is 30.8 Å². The van der Waals surface area contributed by atoms with Crippen molar-refractivity contribution >= 4 is 0 Å². The lowest BCUT2D eigenvalue weighted by Gasteiger charge is -2.11. The van der Waals surface area contributed by atoms with E-state index in [0.717, 1.165) is 5.69 Å². The molecular weight excluding hydrogens is 191 g/mol. The van der Waals surface area contributed by atoms with Gasteiger partial charge in [0.15, 0.2) is 0 Å². The summed E-state index contributed by atoms with van der Waals surface area (Å²) in [5.41, 5.74) is 0.614. The predicted octanol–water partition coefficient (Wildman–Crippen LogP) is 3.17. The number of aromatic nitrogens is 1. The molecule has 1 aromatic rings. The van der Waals surface area contributed by atoms with E-state index in [1.807, 2.05) is 6.92 Å². The molecule has 0 bridgehead atoms. The molecule has 0 aliphatic carbocycles. The fraction of sp³-hybridized carbons (Fsp3) is 0.600. The third kappa shape index (κ3) is 1.79. The maximum atomic E-state index is 12.6. The lowest BCUT2D eigenvalue weighted by Crippen LogP contribution is -2.14. The van der Waals surface area contributed by atoms with Crippen molar-refractivity contribution < 1.29 is 13.2 Å². The maximum Gasteiger partial charge on any atom is 0.431 e. The van der Waals surface area contributed by atoms with Gasteiger partial charge in [-0.05, 0) is 24.5 Å². The van der Waals surface area contributed by atoms with Crippen LogP contribution in [0.15, 0.2) is 6.07 Å². The highest BCUT2D eigenvalue weighted by molar-refractivity contribution is 5.30. The first-order chi connectivity index (χ1) is 6.41. The minimum atomic E-state index is -4.24. The van der Waals surface area contributed by atoms with E-state index in [1.165, 1.54) is 11.6 Å². The summed E-state index contributed by atoms with van der Waals surface area (Å²) in [7, 11) is 1.47. The summed E-state index contributed by atoms with van der Waals surface area (Å²) in [4.78, 5) is 0. The zero-order valence-electron chi connectivity index (χ0n) is 8.57. The summed E-state index contributed by atoms with van der Waals surface area (Å²) >= 11 is 0. The summed E-state index contributed by atoms with van der Waals surface area (Å²) in [6, 6.07) is 1.64. The van der Waals surface area contributed by atoms with Gasteiger partial charge in [0.1, 0.15) is 5.69 Å². The highest BCUT2D eigenvalue weighted by Gasteiger charge is 2.36. The van der Waals surface area contributed by atoms with Crippen LogP contribution in [0.4, 0.5) is 13.2 Å². The second-order valence-electron chi connectivity index (χ2n) is 3.27. The number of rotatable bonds is 2. The molecule has 14 heavy (non-hydrogen) atoms. The Hall–Kier alpha value is -0.930. The van der Waals surface area contributed by atoms with Gasteiger partial charge in [0.25, 0.3) is 0 Å². The Labute approximate surface area is 81.5 Å². The number of alkyl halides is 3. The van der Waals surface area contributed by atoms with Crippen molar-refractivity contribution in [2.75, 3.05) is 0 Å². The van der Waals surface area contributed by atoms with Gasteiger partial charge in [-0.15, -0.1) is 0 Å². The topological polar surface area (TPSA) is 4.93 Å². The molecule has 0 saturated carbocycles. The number of aryl methyl sites for hydroxylation is 2. The first-order valence-corrected chi connectivity index (χ1v) is 4.66. The normalized spacial score (nSPS) is 12.1. The summed E-state index contributed by atoms with van der Waals surface area (Å²) < 4.78 is 39.1. The van der Waals surface area contributed by atoms with E-state index in [2.05, 4.69) is 0 Å². The molecule has 0 amide bonds. The largest absolute Gasteiger partial charge is 0.431 e. The van der Waals surface area contributed by atoms with Crippen molar-refractivity contribution in [2.24, 2.45) is 7.05 Å². The van der Waals surface area contributed by atoms with Gasteiger partial charge in [-0.1, -0.05) is 13.8 Å². The molecule has 80 valence electrons. The Morgan fingerprint density at radius 2 is 1.79 bits per heavy atom. The number of hydrogen-bond acceptors (Lipinski definition) is 0. The van der Waals surface area contributed by atoms with Crippen LogP contribution in [0.5, 0.6) is 0 Å². The third-order valence-electron chi connectivity index (χ3n) is 2.42. The average molecular weight is 205 g/mol. The second kappa shape index (κ2) is 3.67. The highest BCUT2D eigenvalue weighted by atomic mass is 19.4. The minimum Gasteiger partial charge on any atom is -0.344 e. The predicted molar refractivity (Wildman–Crippen MR) is 49.2 cm³/mol. The Bertz CT molecular complexity index is 323. The van der Waals surface area contributed by atoms with Gasteiger partial charge >= 0.3 is 6.18 Å². The summed E-state index contributed by atoms with van der Waals surface area (Å²) in [6.07, 6.45) is -3.20. The molecule has 0 atom stereocenters. The molecule has 1 aromatic heterocycles. The monoisotopic (exact) mass is 205 g/mol. The van der Waals surface area contributed by atoms with Gasteiger partial charge in [-0.3, -0.25) is 0 Å². The molecule has 0 fully saturated rings. The van der Waals surface area contributed by atoms with E-state index in [9.17, 15) is 13.2 Å². The van der Waals surface area contributed by atoms with Gasteiger partial charge in [0, 0.05) is 12.7 Å². The van der Waals surface area contributed by atoms with Crippen LogP contribution in [0.2, 0.25) is 0 Å². The van der Waals surface area contributed by atoms with Gasteiger partial charge in [0.2, 0.25) is 0 Å². The second-order valence-corrected chi connectivity index (χ2v) is 3.27. The molecule has 1 rings (SSSR count). The molecule has 0 N–H and O–H groups in total. The fourth-order valence-corrected chi connectivity index (χ4v) is 1.71. The van der Waals surface area contributed by atoms with E-state index >= 15 is 0 Å². The van der Waals surface area contributed by atoms with Crippen LogP contribution in [0.3, 0.4) is 0 Å². The lowest BCUT2D eigenvalue weighted by molar-refractivity contribution is -0.143. The molecule has 0 unspecified atom stereocenters. The zero-order valence-corrected chi connectivity index (χ0v) is 8.57. The van der Waals surface area contributed by atoms with Crippen LogP contribution in [-0.2, 0) is 26.1 Å². The van der Waals surface area contributed by atoms with E-state index in [0.29, 0.717) is 18.4 Å². The smallest absolute Gasteiger partial charge is 0.344 e. The molecule has 1 nitrogen and oxygen atoms in total. The minimum absolute atomic E-state index is 0.386. The van der Waals surface area contributed by atoms with Crippen LogP contribution >= 0.6 is 0 Å². The first kappa shape index (κ1) is 11.1. The molecule has 0 aromatic carbocycles. The quantitative estimate of drug-likeness (QED) is 0.698.